The second-order valence-electron chi connectivity index (χ2n) is 4.63. The van der Waals surface area contributed by atoms with Crippen LogP contribution in [-0.2, 0) is 6.42 Å². The number of hydrogen-bond acceptors (Lipinski definition) is 2. The van der Waals surface area contributed by atoms with Gasteiger partial charge < -0.3 is 10.6 Å². The Kier molecular flexibility index (Phi) is 3.10. The monoisotopic (exact) mass is 274 g/mol. The van der Waals surface area contributed by atoms with E-state index in [2.05, 4.69) is 10.6 Å². The first-order valence-corrected chi connectivity index (χ1v) is 6.27. The lowest BCUT2D eigenvalue weighted by molar-refractivity contribution is 0.102. The lowest BCUT2D eigenvalue weighted by Gasteiger charge is -2.08. The Labute approximate surface area is 114 Å². The van der Waals surface area contributed by atoms with Gasteiger partial charge in [-0.2, -0.15) is 0 Å². The SMILES string of the molecule is O=C(Nc1ccc2c(c1)CCN2)c1cc(F)ccc1F. The topological polar surface area (TPSA) is 41.1 Å². The molecule has 0 atom stereocenters. The van der Waals surface area contributed by atoms with E-state index in [0.29, 0.717) is 5.69 Å². The van der Waals surface area contributed by atoms with Crippen molar-refractivity contribution in [3.63, 3.8) is 0 Å². The zero-order valence-corrected chi connectivity index (χ0v) is 10.5. The van der Waals surface area contributed by atoms with Gasteiger partial charge in [0.1, 0.15) is 11.6 Å². The van der Waals surface area contributed by atoms with E-state index in [9.17, 15) is 13.6 Å². The normalized spacial score (nSPS) is 12.7. The van der Waals surface area contributed by atoms with Crippen LogP contribution in [0, 0.1) is 11.6 Å². The molecule has 5 heteroatoms. The van der Waals surface area contributed by atoms with Crippen LogP contribution in [0.4, 0.5) is 20.2 Å². The van der Waals surface area contributed by atoms with Gasteiger partial charge in [0.2, 0.25) is 0 Å². The number of benzene rings is 2. The highest BCUT2D eigenvalue weighted by molar-refractivity contribution is 6.04. The average Bonchev–Trinajstić information content (AvgIpc) is 2.89. The van der Waals surface area contributed by atoms with Gasteiger partial charge in [0, 0.05) is 17.9 Å². The molecule has 0 aliphatic carbocycles. The quantitative estimate of drug-likeness (QED) is 0.883. The number of fused-ring (bicyclic) bond motifs is 1. The molecule has 2 aromatic carbocycles. The first kappa shape index (κ1) is 12.6. The van der Waals surface area contributed by atoms with Crippen LogP contribution in [0.25, 0.3) is 0 Å². The number of hydrogen-bond donors (Lipinski definition) is 2. The van der Waals surface area contributed by atoms with E-state index in [1.165, 1.54) is 0 Å². The maximum atomic E-state index is 13.5. The van der Waals surface area contributed by atoms with Crippen LogP contribution in [0.2, 0.25) is 0 Å². The van der Waals surface area contributed by atoms with Crippen LogP contribution in [-0.4, -0.2) is 12.5 Å². The highest BCUT2D eigenvalue weighted by atomic mass is 19.1. The number of rotatable bonds is 2. The largest absolute Gasteiger partial charge is 0.384 e. The highest BCUT2D eigenvalue weighted by Gasteiger charge is 2.15. The van der Waals surface area contributed by atoms with Crippen molar-refractivity contribution in [2.24, 2.45) is 0 Å². The van der Waals surface area contributed by atoms with Gasteiger partial charge in [0.25, 0.3) is 5.91 Å². The summed E-state index contributed by atoms with van der Waals surface area (Å²) < 4.78 is 26.6. The molecule has 1 aliphatic heterocycles. The van der Waals surface area contributed by atoms with E-state index in [1.807, 2.05) is 12.1 Å². The summed E-state index contributed by atoms with van der Waals surface area (Å²) in [6.07, 6.45) is 0.882. The fourth-order valence-corrected chi connectivity index (χ4v) is 2.25. The molecule has 0 fully saturated rings. The second kappa shape index (κ2) is 4.92. The van der Waals surface area contributed by atoms with E-state index in [1.54, 1.807) is 6.07 Å². The van der Waals surface area contributed by atoms with Crippen LogP contribution >= 0.6 is 0 Å². The number of nitrogens with one attached hydrogen (secondary N) is 2. The molecular weight excluding hydrogens is 262 g/mol. The van der Waals surface area contributed by atoms with Gasteiger partial charge >= 0.3 is 0 Å². The molecule has 0 spiro atoms. The minimum Gasteiger partial charge on any atom is -0.384 e. The third-order valence-electron chi connectivity index (χ3n) is 3.25. The minimum absolute atomic E-state index is 0.302. The van der Waals surface area contributed by atoms with E-state index in [-0.39, 0.29) is 5.56 Å². The lowest BCUT2D eigenvalue weighted by Crippen LogP contribution is -2.14. The number of amides is 1. The van der Waals surface area contributed by atoms with E-state index in [4.69, 9.17) is 0 Å². The van der Waals surface area contributed by atoms with E-state index < -0.39 is 17.5 Å². The third-order valence-corrected chi connectivity index (χ3v) is 3.25. The predicted octanol–water partition coefficient (Wildman–Crippen LogP) is 3.19. The van der Waals surface area contributed by atoms with Crippen molar-refractivity contribution in [2.75, 3.05) is 17.2 Å². The molecule has 3 nitrogen and oxygen atoms in total. The molecule has 0 saturated heterocycles. The summed E-state index contributed by atoms with van der Waals surface area (Å²) >= 11 is 0. The van der Waals surface area contributed by atoms with Crippen LogP contribution in [0.1, 0.15) is 15.9 Å². The zero-order chi connectivity index (χ0) is 14.1. The summed E-state index contributed by atoms with van der Waals surface area (Å²) in [5.74, 6) is -2.05. The highest BCUT2D eigenvalue weighted by Crippen LogP contribution is 2.25. The molecular formula is C15H12F2N2O. The molecule has 2 aromatic rings. The van der Waals surface area contributed by atoms with Crippen molar-refractivity contribution in [2.45, 2.75) is 6.42 Å². The maximum Gasteiger partial charge on any atom is 0.258 e. The maximum absolute atomic E-state index is 13.5. The van der Waals surface area contributed by atoms with Crippen LogP contribution < -0.4 is 10.6 Å². The summed E-state index contributed by atoms with van der Waals surface area (Å²) in [5.41, 5.74) is 2.41. The molecule has 0 bridgehead atoms. The molecule has 1 aliphatic rings. The van der Waals surface area contributed by atoms with Crippen LogP contribution in [0.5, 0.6) is 0 Å². The Bertz CT molecular complexity index is 686. The number of anilines is 2. The Morgan fingerprint density at radius 1 is 1.15 bits per heavy atom. The summed E-state index contributed by atoms with van der Waals surface area (Å²) in [6.45, 7) is 0.866. The van der Waals surface area contributed by atoms with Crippen molar-refractivity contribution >= 4 is 17.3 Å². The first-order chi connectivity index (χ1) is 9.63. The van der Waals surface area contributed by atoms with Gasteiger partial charge in [0.05, 0.1) is 5.56 Å². The standard InChI is InChI=1S/C15H12F2N2O/c16-10-1-3-13(17)12(8-10)15(20)19-11-2-4-14-9(7-11)5-6-18-14/h1-4,7-8,18H,5-6H2,(H,19,20). The molecule has 0 aromatic heterocycles. The van der Waals surface area contributed by atoms with Crippen molar-refractivity contribution in [3.05, 3.63) is 59.2 Å². The molecule has 102 valence electrons. The average molecular weight is 274 g/mol. The fraction of sp³-hybridized carbons (Fsp3) is 0.133. The molecule has 0 unspecified atom stereocenters. The van der Waals surface area contributed by atoms with Crippen molar-refractivity contribution < 1.29 is 13.6 Å². The molecule has 1 amide bonds. The number of carbonyl (C=O) groups excluding carboxylic acids is 1. The summed E-state index contributed by atoms with van der Waals surface area (Å²) in [4.78, 5) is 12.0. The van der Waals surface area contributed by atoms with Crippen molar-refractivity contribution in [1.29, 1.82) is 0 Å². The van der Waals surface area contributed by atoms with Gasteiger partial charge in [-0.05, 0) is 48.4 Å². The van der Waals surface area contributed by atoms with Crippen LogP contribution in [0.3, 0.4) is 0 Å². The minimum atomic E-state index is -0.744. The molecule has 20 heavy (non-hydrogen) atoms. The van der Waals surface area contributed by atoms with Gasteiger partial charge in [-0.25, -0.2) is 8.78 Å². The van der Waals surface area contributed by atoms with Crippen LogP contribution in [0.15, 0.2) is 36.4 Å². The Morgan fingerprint density at radius 3 is 2.85 bits per heavy atom. The molecule has 2 N–H and O–H groups in total. The van der Waals surface area contributed by atoms with Gasteiger partial charge in [-0.15, -0.1) is 0 Å². The van der Waals surface area contributed by atoms with Gasteiger partial charge in [0.15, 0.2) is 0 Å². The predicted molar refractivity (Wildman–Crippen MR) is 72.9 cm³/mol. The number of halogens is 2. The lowest BCUT2D eigenvalue weighted by atomic mass is 10.1. The molecule has 1 heterocycles. The Balaban J connectivity index is 1.84. The summed E-state index contributed by atoms with van der Waals surface area (Å²) in [6, 6.07) is 8.24. The van der Waals surface area contributed by atoms with Gasteiger partial charge in [-0.3, -0.25) is 4.79 Å². The molecule has 3 rings (SSSR count). The first-order valence-electron chi connectivity index (χ1n) is 6.27. The van der Waals surface area contributed by atoms with Gasteiger partial charge in [-0.1, -0.05) is 0 Å². The Hall–Kier alpha value is -2.43. The third kappa shape index (κ3) is 2.34. The molecule has 0 saturated carbocycles. The fourth-order valence-electron chi connectivity index (χ4n) is 2.25. The molecule has 0 radical (unpaired) electrons. The van der Waals surface area contributed by atoms with Crippen molar-refractivity contribution in [3.8, 4) is 0 Å². The Morgan fingerprint density at radius 2 is 2.00 bits per heavy atom. The summed E-state index contributed by atoms with van der Waals surface area (Å²) in [5, 5.41) is 5.79. The number of carbonyl (C=O) groups is 1. The second-order valence-corrected chi connectivity index (χ2v) is 4.63. The van der Waals surface area contributed by atoms with E-state index in [0.717, 1.165) is 42.4 Å². The van der Waals surface area contributed by atoms with E-state index >= 15 is 0 Å². The smallest absolute Gasteiger partial charge is 0.258 e. The zero-order valence-electron chi connectivity index (χ0n) is 10.5. The summed E-state index contributed by atoms with van der Waals surface area (Å²) in [7, 11) is 0. The van der Waals surface area contributed by atoms with Crippen molar-refractivity contribution in [1.82, 2.24) is 0 Å².